The highest BCUT2D eigenvalue weighted by molar-refractivity contribution is 6.01. The van der Waals surface area contributed by atoms with E-state index in [2.05, 4.69) is 18.8 Å². The van der Waals surface area contributed by atoms with Crippen LogP contribution in [0.25, 0.3) is 11.6 Å². The molecule has 0 radical (unpaired) electrons. The van der Waals surface area contributed by atoms with Gasteiger partial charge in [-0.3, -0.25) is 4.79 Å². The fourth-order valence-electron chi connectivity index (χ4n) is 4.27. The van der Waals surface area contributed by atoms with Crippen LogP contribution in [0.5, 0.6) is 0 Å². The van der Waals surface area contributed by atoms with Gasteiger partial charge in [-0.2, -0.15) is 0 Å². The van der Waals surface area contributed by atoms with E-state index in [9.17, 15) is 13.6 Å². The van der Waals surface area contributed by atoms with Gasteiger partial charge in [0.2, 0.25) is 5.92 Å². The fraction of sp³-hybridized carbons (Fsp3) is 0.500. The Kier molecular flexibility index (Phi) is 10.9. The van der Waals surface area contributed by atoms with Crippen molar-refractivity contribution in [3.63, 3.8) is 0 Å². The molecule has 0 bridgehead atoms. The molecule has 1 N–H and O–H groups in total. The highest BCUT2D eigenvalue weighted by Gasteiger charge is 2.34. The molecule has 0 aliphatic heterocycles. The topological polar surface area (TPSA) is 38.3 Å². The van der Waals surface area contributed by atoms with Crippen molar-refractivity contribution in [2.45, 2.75) is 85.1 Å². The summed E-state index contributed by atoms with van der Waals surface area (Å²) < 4.78 is 33.1. The predicted octanol–water partition coefficient (Wildman–Crippen LogP) is 8.02. The van der Waals surface area contributed by atoms with Gasteiger partial charge in [0.05, 0.1) is 12.6 Å². The molecule has 1 amide bonds. The molecule has 192 valence electrons. The highest BCUT2D eigenvalue weighted by Crippen LogP contribution is 2.39. The van der Waals surface area contributed by atoms with Crippen molar-refractivity contribution < 1.29 is 18.3 Å². The van der Waals surface area contributed by atoms with Crippen LogP contribution in [0.15, 0.2) is 54.3 Å². The number of unbranched alkanes of at least 4 members (excludes halogenated alkanes) is 2. The van der Waals surface area contributed by atoms with Crippen LogP contribution in [0.2, 0.25) is 0 Å². The third-order valence-electron chi connectivity index (χ3n) is 6.63. The van der Waals surface area contributed by atoms with Gasteiger partial charge >= 0.3 is 0 Å². The second kappa shape index (κ2) is 13.4. The van der Waals surface area contributed by atoms with Gasteiger partial charge in [0.15, 0.2) is 0 Å². The summed E-state index contributed by atoms with van der Waals surface area (Å²) in [6, 6.07) is 5.64. The summed E-state index contributed by atoms with van der Waals surface area (Å²) in [4.78, 5) is 13.0. The summed E-state index contributed by atoms with van der Waals surface area (Å²) in [7, 11) is 0. The van der Waals surface area contributed by atoms with Crippen LogP contribution >= 0.6 is 0 Å². The number of amides is 1. The van der Waals surface area contributed by atoms with Gasteiger partial charge < -0.3 is 10.1 Å². The molecule has 2 rings (SSSR count). The van der Waals surface area contributed by atoms with E-state index in [4.69, 9.17) is 4.74 Å². The first-order valence-electron chi connectivity index (χ1n) is 12.7. The van der Waals surface area contributed by atoms with Crippen molar-refractivity contribution in [3.05, 3.63) is 71.0 Å². The molecular weight excluding hydrogens is 444 g/mol. The lowest BCUT2D eigenvalue weighted by molar-refractivity contribution is -0.117. The largest absolute Gasteiger partial charge is 0.496 e. The first-order chi connectivity index (χ1) is 16.6. The van der Waals surface area contributed by atoms with Crippen LogP contribution in [0.3, 0.4) is 0 Å². The first kappa shape index (κ1) is 28.5. The van der Waals surface area contributed by atoms with E-state index in [1.807, 2.05) is 57.2 Å². The maximum Gasteiger partial charge on any atom is 0.251 e. The second-order valence-electron chi connectivity index (χ2n) is 9.49. The summed E-state index contributed by atoms with van der Waals surface area (Å²) >= 11 is 0. The summed E-state index contributed by atoms with van der Waals surface area (Å²) in [6.45, 7) is 13.5. The van der Waals surface area contributed by atoms with Gasteiger partial charge in [-0.1, -0.05) is 62.8 Å². The summed E-state index contributed by atoms with van der Waals surface area (Å²) in [5, 5.41) is 2.98. The van der Waals surface area contributed by atoms with Gasteiger partial charge in [0, 0.05) is 11.5 Å². The molecule has 0 saturated heterocycles. The van der Waals surface area contributed by atoms with Gasteiger partial charge in [0.25, 0.3) is 5.91 Å². The number of carbonyl (C=O) groups excluding carboxylic acids is 1. The van der Waals surface area contributed by atoms with Crippen LogP contribution in [-0.2, 0) is 9.53 Å². The summed E-state index contributed by atoms with van der Waals surface area (Å²) in [5.74, 6) is -2.91. The number of nitrogens with one attached hydrogen (secondary N) is 1. The first-order valence-corrected chi connectivity index (χ1v) is 12.7. The Morgan fingerprint density at radius 1 is 1.34 bits per heavy atom. The molecule has 0 heterocycles. The third-order valence-corrected chi connectivity index (χ3v) is 6.63. The lowest BCUT2D eigenvalue weighted by Crippen LogP contribution is -2.35. The minimum Gasteiger partial charge on any atom is -0.496 e. The van der Waals surface area contributed by atoms with Crippen molar-refractivity contribution in [1.82, 2.24) is 5.32 Å². The molecule has 0 saturated carbocycles. The quantitative estimate of drug-likeness (QED) is 0.141. The maximum absolute atomic E-state index is 13.7. The van der Waals surface area contributed by atoms with E-state index in [0.717, 1.165) is 48.4 Å². The predicted molar refractivity (Wildman–Crippen MR) is 142 cm³/mol. The second-order valence-corrected chi connectivity index (χ2v) is 9.49. The number of allylic oxidation sites excluding steroid dienone is 3. The number of carbonyl (C=O) groups is 1. The smallest absolute Gasteiger partial charge is 0.251 e. The number of benzene rings is 1. The zero-order valence-corrected chi connectivity index (χ0v) is 21.9. The Hall–Kier alpha value is -2.69. The van der Waals surface area contributed by atoms with E-state index in [1.165, 1.54) is 0 Å². The molecule has 2 atom stereocenters. The zero-order chi connectivity index (χ0) is 26.0. The SMILES string of the molecule is C=C(OCCCCC)C(C)NC(=O)C(/C=C\C)=C/c1cccc(C2=CCC(C(C)(F)F)CC2)c1C. The minimum absolute atomic E-state index is 0.205. The molecule has 1 aromatic carbocycles. The number of alkyl halides is 2. The fourth-order valence-corrected chi connectivity index (χ4v) is 4.27. The molecule has 1 aromatic rings. The van der Waals surface area contributed by atoms with Crippen LogP contribution in [0.1, 0.15) is 82.9 Å². The molecule has 0 aromatic heterocycles. The molecule has 0 spiro atoms. The molecule has 0 fully saturated rings. The average molecular weight is 486 g/mol. The number of hydrogen-bond donors (Lipinski definition) is 1. The zero-order valence-electron chi connectivity index (χ0n) is 21.9. The van der Waals surface area contributed by atoms with Crippen molar-refractivity contribution >= 4 is 17.6 Å². The standard InChI is InChI=1S/C30H41F2NO2/c1-7-9-10-19-35-23(5)22(4)33-29(34)26(12-8-2)20-25-13-11-14-28(21(25)3)24-15-17-27(18-16-24)30(6,31)32/h8,11-15,20,22,27H,5,7,9-10,16-19H2,1-4,6H3,(H,33,34)/b12-8-,26-20+. The van der Waals surface area contributed by atoms with E-state index in [0.29, 0.717) is 37.2 Å². The van der Waals surface area contributed by atoms with Crippen molar-refractivity contribution in [2.24, 2.45) is 5.92 Å². The molecule has 1 aliphatic rings. The number of hydrogen-bond acceptors (Lipinski definition) is 2. The number of ether oxygens (including phenoxy) is 1. The summed E-state index contributed by atoms with van der Waals surface area (Å²) in [6.07, 6.45) is 12.1. The molecule has 3 nitrogen and oxygen atoms in total. The molecular formula is C30H41F2NO2. The van der Waals surface area contributed by atoms with Crippen molar-refractivity contribution in [1.29, 1.82) is 0 Å². The van der Waals surface area contributed by atoms with E-state index >= 15 is 0 Å². The Balaban J connectivity index is 2.18. The Morgan fingerprint density at radius 3 is 2.69 bits per heavy atom. The van der Waals surface area contributed by atoms with Gasteiger partial charge in [-0.05, 0) is 81.7 Å². The molecule has 1 aliphatic carbocycles. The monoisotopic (exact) mass is 485 g/mol. The molecule has 35 heavy (non-hydrogen) atoms. The number of halogens is 2. The van der Waals surface area contributed by atoms with E-state index in [1.54, 1.807) is 6.08 Å². The van der Waals surface area contributed by atoms with Crippen LogP contribution in [-0.4, -0.2) is 24.5 Å². The average Bonchev–Trinajstić information content (AvgIpc) is 2.82. The number of rotatable bonds is 12. The highest BCUT2D eigenvalue weighted by atomic mass is 19.3. The van der Waals surface area contributed by atoms with E-state index < -0.39 is 11.8 Å². The Bertz CT molecular complexity index is 969. The van der Waals surface area contributed by atoms with Crippen LogP contribution < -0.4 is 5.32 Å². The van der Waals surface area contributed by atoms with Gasteiger partial charge in [0.1, 0.15) is 5.76 Å². The normalized spacial score (nSPS) is 17.7. The Morgan fingerprint density at radius 2 is 2.09 bits per heavy atom. The molecule has 2 unspecified atom stereocenters. The van der Waals surface area contributed by atoms with Crippen molar-refractivity contribution in [3.8, 4) is 0 Å². The van der Waals surface area contributed by atoms with E-state index in [-0.39, 0.29) is 11.9 Å². The minimum atomic E-state index is -2.65. The van der Waals surface area contributed by atoms with Gasteiger partial charge in [-0.25, -0.2) is 8.78 Å². The summed E-state index contributed by atoms with van der Waals surface area (Å²) in [5.41, 5.74) is 4.64. The third kappa shape index (κ3) is 8.48. The lowest BCUT2D eigenvalue weighted by Gasteiger charge is -2.27. The lowest BCUT2D eigenvalue weighted by atomic mass is 9.82. The van der Waals surface area contributed by atoms with Crippen LogP contribution in [0.4, 0.5) is 8.78 Å². The van der Waals surface area contributed by atoms with Crippen LogP contribution in [0, 0.1) is 12.8 Å². The van der Waals surface area contributed by atoms with Gasteiger partial charge in [-0.15, -0.1) is 0 Å². The maximum atomic E-state index is 13.7. The Labute approximate surface area is 210 Å². The molecule has 5 heteroatoms. The van der Waals surface area contributed by atoms with Crippen molar-refractivity contribution in [2.75, 3.05) is 6.61 Å².